The summed E-state index contributed by atoms with van der Waals surface area (Å²) in [6.45, 7) is 3.92. The molecule has 1 unspecified atom stereocenters. The molecular weight excluding hydrogens is 160 g/mol. The minimum Gasteiger partial charge on any atom is -0.363 e. The molecule has 0 saturated carbocycles. The molecule has 3 heteroatoms. The molecule has 1 saturated heterocycles. The van der Waals surface area contributed by atoms with Gasteiger partial charge in [0.15, 0.2) is 0 Å². The van der Waals surface area contributed by atoms with Gasteiger partial charge in [-0.15, -0.1) is 0 Å². The van der Waals surface area contributed by atoms with Crippen LogP contribution in [0.4, 0.5) is 8.78 Å². The zero-order valence-electron chi connectivity index (χ0n) is 7.35. The molecule has 2 atom stereocenters. The van der Waals surface area contributed by atoms with E-state index in [-0.39, 0.29) is 5.70 Å². The van der Waals surface area contributed by atoms with Crippen LogP contribution in [0, 0.1) is 5.92 Å². The lowest BCUT2D eigenvalue weighted by atomic mass is 9.99. The smallest absolute Gasteiger partial charge is 0.284 e. The molecular formula is C9H13F2N. The molecule has 0 spiro atoms. The Kier molecular flexibility index (Phi) is 1.48. The van der Waals surface area contributed by atoms with Crippen LogP contribution in [0.2, 0.25) is 0 Å². The average molecular weight is 173 g/mol. The average Bonchev–Trinajstić information content (AvgIpc) is 2.64. The Balaban J connectivity index is 2.19. The van der Waals surface area contributed by atoms with E-state index in [9.17, 15) is 8.78 Å². The highest BCUT2D eigenvalue weighted by Gasteiger charge is 2.48. The largest absolute Gasteiger partial charge is 0.363 e. The van der Waals surface area contributed by atoms with Gasteiger partial charge >= 0.3 is 0 Å². The number of alkyl halides is 2. The monoisotopic (exact) mass is 173 g/mol. The second-order valence-corrected chi connectivity index (χ2v) is 3.91. The third kappa shape index (κ3) is 1.11. The van der Waals surface area contributed by atoms with Gasteiger partial charge in [0.05, 0.1) is 5.70 Å². The van der Waals surface area contributed by atoms with Crippen LogP contribution in [0.3, 0.4) is 0 Å². The molecule has 0 amide bonds. The Morgan fingerprint density at radius 2 is 2.25 bits per heavy atom. The van der Waals surface area contributed by atoms with Gasteiger partial charge in [0.2, 0.25) is 0 Å². The third-order valence-electron chi connectivity index (χ3n) is 2.75. The van der Waals surface area contributed by atoms with E-state index < -0.39 is 5.92 Å². The summed E-state index contributed by atoms with van der Waals surface area (Å²) >= 11 is 0. The molecule has 2 aliphatic rings. The van der Waals surface area contributed by atoms with Gasteiger partial charge in [-0.2, -0.15) is 0 Å². The minimum absolute atomic E-state index is 0.241. The van der Waals surface area contributed by atoms with Gasteiger partial charge in [-0.1, -0.05) is 13.0 Å². The SMILES string of the molecule is C[C@H]1CC=C(C(C)(F)F)N2CC12. The topological polar surface area (TPSA) is 3.01 Å². The maximum atomic E-state index is 12.9. The summed E-state index contributed by atoms with van der Waals surface area (Å²) in [7, 11) is 0. The maximum absolute atomic E-state index is 12.9. The summed E-state index contributed by atoms with van der Waals surface area (Å²) in [5.74, 6) is -2.09. The van der Waals surface area contributed by atoms with Crippen LogP contribution in [-0.2, 0) is 0 Å². The number of nitrogens with zero attached hydrogens (tertiary/aromatic N) is 1. The summed E-state index contributed by atoms with van der Waals surface area (Å²) in [5, 5.41) is 0. The van der Waals surface area contributed by atoms with Crippen molar-refractivity contribution in [2.75, 3.05) is 6.54 Å². The number of allylic oxidation sites excluding steroid dienone is 2. The molecule has 1 fully saturated rings. The Morgan fingerprint density at radius 3 is 2.83 bits per heavy atom. The van der Waals surface area contributed by atoms with Gasteiger partial charge in [0, 0.05) is 19.5 Å². The number of halogens is 2. The van der Waals surface area contributed by atoms with E-state index >= 15 is 0 Å². The fourth-order valence-corrected chi connectivity index (χ4v) is 1.92. The molecule has 68 valence electrons. The molecule has 0 bridgehead atoms. The molecule has 2 aliphatic heterocycles. The van der Waals surface area contributed by atoms with Crippen molar-refractivity contribution in [2.24, 2.45) is 5.92 Å². The Bertz CT molecular complexity index is 229. The van der Waals surface area contributed by atoms with Crippen molar-refractivity contribution >= 4 is 0 Å². The van der Waals surface area contributed by atoms with E-state index in [1.54, 1.807) is 6.08 Å². The molecule has 2 heterocycles. The van der Waals surface area contributed by atoms with Crippen LogP contribution in [0.25, 0.3) is 0 Å². The highest BCUT2D eigenvalue weighted by Crippen LogP contribution is 2.42. The number of hydrogen-bond donors (Lipinski definition) is 0. The molecule has 0 aromatic carbocycles. The summed E-state index contributed by atoms with van der Waals surface area (Å²) in [5.41, 5.74) is 0.241. The van der Waals surface area contributed by atoms with Gasteiger partial charge in [-0.25, -0.2) is 8.78 Å². The van der Waals surface area contributed by atoms with Gasteiger partial charge < -0.3 is 4.90 Å². The van der Waals surface area contributed by atoms with Crippen molar-refractivity contribution < 1.29 is 8.78 Å². The third-order valence-corrected chi connectivity index (χ3v) is 2.75. The van der Waals surface area contributed by atoms with Crippen molar-refractivity contribution in [3.8, 4) is 0 Å². The predicted molar refractivity (Wildman–Crippen MR) is 43.0 cm³/mol. The number of rotatable bonds is 1. The minimum atomic E-state index is -2.64. The standard InChI is InChI=1S/C9H13F2N/c1-6-3-4-8(9(2,10)11)12-5-7(6)12/h4,6-7H,3,5H2,1-2H3/t6-,7?,12?/m0/s1. The highest BCUT2D eigenvalue weighted by atomic mass is 19.3. The quantitative estimate of drug-likeness (QED) is 0.549. The molecule has 2 rings (SSSR count). The van der Waals surface area contributed by atoms with E-state index in [1.807, 2.05) is 4.90 Å². The lowest BCUT2D eigenvalue weighted by molar-refractivity contribution is 0.0414. The zero-order valence-corrected chi connectivity index (χ0v) is 7.35. The highest BCUT2D eigenvalue weighted by molar-refractivity contribution is 5.22. The Hall–Kier alpha value is -0.600. The van der Waals surface area contributed by atoms with E-state index in [4.69, 9.17) is 0 Å². The van der Waals surface area contributed by atoms with Gasteiger partial charge in [0.1, 0.15) is 0 Å². The first-order valence-corrected chi connectivity index (χ1v) is 4.35. The van der Waals surface area contributed by atoms with Crippen molar-refractivity contribution in [2.45, 2.75) is 32.2 Å². The normalized spacial score (nSPS) is 34.3. The van der Waals surface area contributed by atoms with E-state index in [1.165, 1.54) is 0 Å². The van der Waals surface area contributed by atoms with Gasteiger partial charge in [-0.3, -0.25) is 0 Å². The molecule has 0 aliphatic carbocycles. The van der Waals surface area contributed by atoms with Crippen LogP contribution in [0.1, 0.15) is 20.3 Å². The molecule has 0 radical (unpaired) electrons. The van der Waals surface area contributed by atoms with Gasteiger partial charge in [0.25, 0.3) is 5.92 Å². The number of hydrogen-bond acceptors (Lipinski definition) is 1. The first kappa shape index (κ1) is 8.02. The lowest BCUT2D eigenvalue weighted by Gasteiger charge is -2.23. The fourth-order valence-electron chi connectivity index (χ4n) is 1.92. The van der Waals surface area contributed by atoms with Crippen LogP contribution in [-0.4, -0.2) is 23.4 Å². The van der Waals surface area contributed by atoms with Crippen LogP contribution in [0.15, 0.2) is 11.8 Å². The summed E-state index contributed by atoms with van der Waals surface area (Å²) in [6, 6.07) is 0.399. The molecule has 0 aromatic rings. The van der Waals surface area contributed by atoms with E-state index in [2.05, 4.69) is 6.92 Å². The summed E-state index contributed by atoms with van der Waals surface area (Å²) in [4.78, 5) is 1.81. The van der Waals surface area contributed by atoms with Crippen LogP contribution < -0.4 is 0 Å². The molecule has 12 heavy (non-hydrogen) atoms. The Labute approximate surface area is 71.0 Å². The van der Waals surface area contributed by atoms with E-state index in [0.717, 1.165) is 19.9 Å². The summed E-state index contributed by atoms with van der Waals surface area (Å²) < 4.78 is 25.8. The van der Waals surface area contributed by atoms with Crippen molar-refractivity contribution in [3.05, 3.63) is 11.8 Å². The molecule has 1 nitrogen and oxygen atoms in total. The second kappa shape index (κ2) is 2.21. The number of fused-ring (bicyclic) bond motifs is 1. The second-order valence-electron chi connectivity index (χ2n) is 3.91. The van der Waals surface area contributed by atoms with E-state index in [0.29, 0.717) is 12.0 Å². The molecule has 0 aromatic heterocycles. The first-order valence-electron chi connectivity index (χ1n) is 4.35. The fraction of sp³-hybridized carbons (Fsp3) is 0.778. The van der Waals surface area contributed by atoms with Crippen LogP contribution >= 0.6 is 0 Å². The van der Waals surface area contributed by atoms with Crippen molar-refractivity contribution in [1.82, 2.24) is 4.90 Å². The summed E-state index contributed by atoms with van der Waals surface area (Å²) in [6.07, 6.45) is 2.49. The maximum Gasteiger partial charge on any atom is 0.284 e. The molecule has 0 N–H and O–H groups in total. The zero-order chi connectivity index (χ0) is 8.93. The van der Waals surface area contributed by atoms with Gasteiger partial charge in [-0.05, 0) is 12.3 Å². The first-order chi connectivity index (χ1) is 5.50. The Morgan fingerprint density at radius 1 is 1.58 bits per heavy atom. The van der Waals surface area contributed by atoms with Crippen molar-refractivity contribution in [1.29, 1.82) is 0 Å². The van der Waals surface area contributed by atoms with Crippen LogP contribution in [0.5, 0.6) is 0 Å². The predicted octanol–water partition coefficient (Wildman–Crippen LogP) is 2.25. The van der Waals surface area contributed by atoms with Crippen molar-refractivity contribution in [3.63, 3.8) is 0 Å². The lowest BCUT2D eigenvalue weighted by Crippen LogP contribution is -2.26.